The van der Waals surface area contributed by atoms with Gasteiger partial charge in [0.1, 0.15) is 5.75 Å². The first-order valence-corrected chi connectivity index (χ1v) is 6.71. The Labute approximate surface area is 87.9 Å². The van der Waals surface area contributed by atoms with E-state index in [4.69, 9.17) is 9.53 Å². The average Bonchev–Trinajstić information content (AvgIpc) is 2.26. The van der Waals surface area contributed by atoms with Crippen LogP contribution < -0.4 is 0 Å². The summed E-state index contributed by atoms with van der Waals surface area (Å²) in [6, 6.07) is 8.67. The first-order chi connectivity index (χ1) is 6.80. The van der Waals surface area contributed by atoms with E-state index in [0.29, 0.717) is 5.75 Å². The Morgan fingerprint density at radius 2 is 2.07 bits per heavy atom. The van der Waals surface area contributed by atoms with Crippen LogP contribution in [0.15, 0.2) is 24.3 Å². The zero-order valence-corrected chi connectivity index (χ0v) is 10.1. The third-order valence-electron chi connectivity index (χ3n) is 2.19. The summed E-state index contributed by atoms with van der Waals surface area (Å²) < 4.78 is 5.21. The molecule has 1 aliphatic heterocycles. The number of phenols is 1. The normalized spacial score (nSPS) is 17.2. The molecule has 1 saturated heterocycles. The summed E-state index contributed by atoms with van der Waals surface area (Å²) in [6.07, 6.45) is 2.75. The molecule has 0 unspecified atom stereocenters. The van der Waals surface area contributed by atoms with Gasteiger partial charge in [-0.2, -0.15) is 0 Å². The highest BCUT2D eigenvalue weighted by Crippen LogP contribution is 2.12. The summed E-state index contributed by atoms with van der Waals surface area (Å²) in [5, 5.41) is 8.92. The van der Waals surface area contributed by atoms with Gasteiger partial charge in [-0.3, -0.25) is 0 Å². The average molecular weight is 210 g/mol. The second-order valence-electron chi connectivity index (χ2n) is 3.46. The van der Waals surface area contributed by atoms with E-state index < -0.39 is 0 Å². The van der Waals surface area contributed by atoms with E-state index >= 15 is 0 Å². The van der Waals surface area contributed by atoms with Gasteiger partial charge in [0, 0.05) is 6.61 Å². The zero-order valence-electron chi connectivity index (χ0n) is 8.70. The standard InChI is InChI=1S/C7H8O.C4H10OSi/c1-6-4-2-3-5-7(6)8;1-2-4-6-5-3-1/h2-5,8H,1H3;1-4,6H2. The molecule has 0 saturated carbocycles. The molecule has 0 atom stereocenters. The van der Waals surface area contributed by atoms with Gasteiger partial charge < -0.3 is 9.53 Å². The van der Waals surface area contributed by atoms with E-state index in [-0.39, 0.29) is 9.76 Å². The van der Waals surface area contributed by atoms with Gasteiger partial charge in [0.2, 0.25) is 0 Å². The van der Waals surface area contributed by atoms with Gasteiger partial charge in [0.25, 0.3) is 0 Å². The van der Waals surface area contributed by atoms with Crippen molar-refractivity contribution in [2.24, 2.45) is 0 Å². The van der Waals surface area contributed by atoms with E-state index in [1.165, 1.54) is 18.9 Å². The van der Waals surface area contributed by atoms with Crippen LogP contribution in [0.2, 0.25) is 6.04 Å². The molecule has 0 aromatic heterocycles. The van der Waals surface area contributed by atoms with E-state index in [1.54, 1.807) is 6.07 Å². The van der Waals surface area contributed by atoms with Gasteiger partial charge in [-0.1, -0.05) is 24.6 Å². The monoisotopic (exact) mass is 210 g/mol. The van der Waals surface area contributed by atoms with Crippen molar-refractivity contribution in [3.8, 4) is 5.75 Å². The summed E-state index contributed by atoms with van der Waals surface area (Å²) in [6.45, 7) is 2.93. The lowest BCUT2D eigenvalue weighted by atomic mass is 10.2. The number of para-hydroxylation sites is 1. The van der Waals surface area contributed by atoms with Crippen molar-refractivity contribution < 1.29 is 9.53 Å². The van der Waals surface area contributed by atoms with E-state index in [0.717, 1.165) is 12.2 Å². The molecule has 3 heteroatoms. The minimum absolute atomic E-state index is 0.00849. The molecule has 1 fully saturated rings. The molecule has 2 nitrogen and oxygen atoms in total. The Kier molecular flexibility index (Phi) is 5.33. The fourth-order valence-electron chi connectivity index (χ4n) is 1.25. The van der Waals surface area contributed by atoms with Gasteiger partial charge in [-0.15, -0.1) is 0 Å². The zero-order chi connectivity index (χ0) is 10.2. The van der Waals surface area contributed by atoms with Gasteiger partial charge >= 0.3 is 0 Å². The molecule has 1 heterocycles. The molecule has 0 aliphatic carbocycles. The van der Waals surface area contributed by atoms with Crippen LogP contribution in [0, 0.1) is 6.92 Å². The first-order valence-electron chi connectivity index (χ1n) is 5.13. The van der Waals surface area contributed by atoms with Crippen molar-refractivity contribution in [1.82, 2.24) is 0 Å². The highest BCUT2D eigenvalue weighted by atomic mass is 28.2. The van der Waals surface area contributed by atoms with Crippen molar-refractivity contribution >= 4 is 9.76 Å². The highest BCUT2D eigenvalue weighted by molar-refractivity contribution is 6.27. The lowest BCUT2D eigenvalue weighted by Crippen LogP contribution is -2.06. The summed E-state index contributed by atoms with van der Waals surface area (Å²) in [7, 11) is 0.00849. The summed E-state index contributed by atoms with van der Waals surface area (Å²) >= 11 is 0. The molecule has 14 heavy (non-hydrogen) atoms. The lowest BCUT2D eigenvalue weighted by molar-refractivity contribution is 0.304. The SMILES string of the molecule is C1CC[SiH2]OC1.Cc1ccccc1O. The van der Waals surface area contributed by atoms with Crippen molar-refractivity contribution in [2.45, 2.75) is 25.8 Å². The number of phenolic OH excluding ortho intramolecular Hbond substituents is 1. The Morgan fingerprint density at radius 1 is 1.29 bits per heavy atom. The predicted molar refractivity (Wildman–Crippen MR) is 61.4 cm³/mol. The van der Waals surface area contributed by atoms with E-state index in [1.807, 2.05) is 25.1 Å². The molecule has 0 radical (unpaired) electrons. The molecule has 0 spiro atoms. The van der Waals surface area contributed by atoms with E-state index in [9.17, 15) is 0 Å². The smallest absolute Gasteiger partial charge is 0.161 e. The molecule has 78 valence electrons. The summed E-state index contributed by atoms with van der Waals surface area (Å²) in [4.78, 5) is 0. The third kappa shape index (κ3) is 4.44. The third-order valence-corrected chi connectivity index (χ3v) is 3.56. The van der Waals surface area contributed by atoms with Crippen LogP contribution in [0.25, 0.3) is 0 Å². The number of rotatable bonds is 0. The van der Waals surface area contributed by atoms with Crippen LogP contribution >= 0.6 is 0 Å². The van der Waals surface area contributed by atoms with Gasteiger partial charge in [-0.25, -0.2) is 0 Å². The van der Waals surface area contributed by atoms with Crippen LogP contribution in [-0.2, 0) is 4.43 Å². The Bertz CT molecular complexity index is 227. The molecule has 0 amide bonds. The Hall–Kier alpha value is -0.803. The fraction of sp³-hybridized carbons (Fsp3) is 0.455. The van der Waals surface area contributed by atoms with Crippen LogP contribution in [0.1, 0.15) is 18.4 Å². The highest BCUT2D eigenvalue weighted by Gasteiger charge is 1.96. The largest absolute Gasteiger partial charge is 0.508 e. The number of hydrogen-bond donors (Lipinski definition) is 1. The maximum Gasteiger partial charge on any atom is 0.161 e. The second-order valence-corrected chi connectivity index (χ2v) is 4.98. The van der Waals surface area contributed by atoms with Crippen molar-refractivity contribution in [3.63, 3.8) is 0 Å². The molecule has 1 aliphatic rings. The van der Waals surface area contributed by atoms with Crippen LogP contribution in [-0.4, -0.2) is 21.5 Å². The number of aryl methyl sites for hydroxylation is 1. The van der Waals surface area contributed by atoms with Crippen LogP contribution in [0.5, 0.6) is 5.75 Å². The molecule has 2 rings (SSSR count). The molecular formula is C11H18O2Si. The first kappa shape index (κ1) is 11.3. The van der Waals surface area contributed by atoms with E-state index in [2.05, 4.69) is 0 Å². The maximum absolute atomic E-state index is 8.92. The summed E-state index contributed by atoms with van der Waals surface area (Å²) in [5.74, 6) is 0.368. The lowest BCUT2D eigenvalue weighted by Gasteiger charge is -2.07. The van der Waals surface area contributed by atoms with Gasteiger partial charge in [0.15, 0.2) is 9.76 Å². The molecule has 1 N–H and O–H groups in total. The Balaban J connectivity index is 0.000000146. The predicted octanol–water partition coefficient (Wildman–Crippen LogP) is 2.00. The Morgan fingerprint density at radius 3 is 2.36 bits per heavy atom. The quantitative estimate of drug-likeness (QED) is 0.664. The minimum atomic E-state index is 0.00849. The van der Waals surface area contributed by atoms with Gasteiger partial charge in [0.05, 0.1) is 0 Å². The molecular weight excluding hydrogens is 192 g/mol. The number of benzene rings is 1. The number of hydrogen-bond acceptors (Lipinski definition) is 2. The number of aromatic hydroxyl groups is 1. The fourth-order valence-corrected chi connectivity index (χ4v) is 2.42. The topological polar surface area (TPSA) is 29.5 Å². The van der Waals surface area contributed by atoms with Crippen LogP contribution in [0.4, 0.5) is 0 Å². The minimum Gasteiger partial charge on any atom is -0.508 e. The van der Waals surface area contributed by atoms with Gasteiger partial charge in [-0.05, 0) is 31.0 Å². The molecule has 1 aromatic rings. The second kappa shape index (κ2) is 6.62. The molecule has 1 aromatic carbocycles. The van der Waals surface area contributed by atoms with Crippen LogP contribution in [0.3, 0.4) is 0 Å². The maximum atomic E-state index is 8.92. The van der Waals surface area contributed by atoms with Crippen molar-refractivity contribution in [2.75, 3.05) is 6.61 Å². The van der Waals surface area contributed by atoms with Crippen molar-refractivity contribution in [3.05, 3.63) is 29.8 Å². The summed E-state index contributed by atoms with van der Waals surface area (Å²) in [5.41, 5.74) is 0.924. The van der Waals surface area contributed by atoms with Crippen molar-refractivity contribution in [1.29, 1.82) is 0 Å². The molecule has 0 bridgehead atoms.